The van der Waals surface area contributed by atoms with Crippen molar-refractivity contribution in [2.75, 3.05) is 0 Å². The van der Waals surface area contributed by atoms with Crippen LogP contribution >= 0.6 is 11.3 Å². The minimum Gasteiger partial charge on any atom is -0.504 e. The molecule has 39 heavy (non-hydrogen) atoms. The summed E-state index contributed by atoms with van der Waals surface area (Å²) in [7, 11) is 0. The van der Waals surface area contributed by atoms with E-state index < -0.39 is 11.2 Å². The summed E-state index contributed by atoms with van der Waals surface area (Å²) < 4.78 is 20.0. The summed E-state index contributed by atoms with van der Waals surface area (Å²) in [5.41, 5.74) is 3.55. The molecule has 3 heterocycles. The molecule has 214 valence electrons. The molecule has 1 saturated heterocycles. The number of hydrogen-bond acceptors (Lipinski definition) is 8. The Morgan fingerprint density at radius 1 is 1.28 bits per heavy atom. The standard InChI is InChI=1S/C31H43NO6S/c1-9-16(2)26(36-18(4)33)17(3)23-25(34)27-19(24-28(23)39-15-32-24)14-20-30(7)12-10-21(29(5,6)35)37-22(30)11-13-31(20,8)38-27/h14-17,21-22,26,34-35H,9-13H2,1-8H3/t16-,17+,21-,22-,26-,30-,31-/m1/s1. The number of aromatic nitrogens is 1. The number of carbonyl (C=O) groups excluding carboxylic acids is 1. The lowest BCUT2D eigenvalue weighted by Crippen LogP contribution is -2.58. The number of rotatable bonds is 6. The van der Waals surface area contributed by atoms with E-state index >= 15 is 0 Å². The van der Waals surface area contributed by atoms with Crippen molar-refractivity contribution in [2.24, 2.45) is 11.3 Å². The summed E-state index contributed by atoms with van der Waals surface area (Å²) in [6.45, 7) is 15.6. The number of aromatic hydroxyl groups is 1. The van der Waals surface area contributed by atoms with Crippen LogP contribution < -0.4 is 4.74 Å². The molecule has 8 heteroatoms. The smallest absolute Gasteiger partial charge is 0.302 e. The Labute approximate surface area is 235 Å². The maximum atomic E-state index is 12.0. The van der Waals surface area contributed by atoms with Crippen LogP contribution in [-0.2, 0) is 14.3 Å². The molecule has 2 N–H and O–H groups in total. The molecule has 1 aliphatic carbocycles. The van der Waals surface area contributed by atoms with Gasteiger partial charge >= 0.3 is 5.97 Å². The van der Waals surface area contributed by atoms with Gasteiger partial charge in [-0.2, -0.15) is 0 Å². The largest absolute Gasteiger partial charge is 0.504 e. The first-order valence-corrected chi connectivity index (χ1v) is 15.2. The highest BCUT2D eigenvalue weighted by atomic mass is 32.1. The molecule has 2 aromatic rings. The summed E-state index contributed by atoms with van der Waals surface area (Å²) in [6.07, 6.45) is 5.60. The summed E-state index contributed by atoms with van der Waals surface area (Å²) in [5.74, 6) is 0.105. The molecular formula is C31H43NO6S. The Hall–Kier alpha value is -2.16. The Morgan fingerprint density at radius 3 is 2.64 bits per heavy atom. The molecule has 3 aliphatic rings. The van der Waals surface area contributed by atoms with Crippen molar-refractivity contribution >= 4 is 33.6 Å². The second-order valence-electron chi connectivity index (χ2n) is 12.9. The van der Waals surface area contributed by atoms with Crippen LogP contribution in [0.4, 0.5) is 0 Å². The average Bonchev–Trinajstić information content (AvgIpc) is 3.34. The van der Waals surface area contributed by atoms with Gasteiger partial charge in [0.2, 0.25) is 0 Å². The van der Waals surface area contributed by atoms with Crippen LogP contribution in [0.1, 0.15) is 105 Å². The molecule has 0 amide bonds. The third kappa shape index (κ3) is 4.56. The fraction of sp³-hybridized carbons (Fsp3) is 0.677. The lowest BCUT2D eigenvalue weighted by molar-refractivity contribution is -0.192. The minimum absolute atomic E-state index is 0.0222. The molecule has 7 nitrogen and oxygen atoms in total. The van der Waals surface area contributed by atoms with E-state index in [9.17, 15) is 15.0 Å². The number of thiazole rings is 1. The van der Waals surface area contributed by atoms with Gasteiger partial charge < -0.3 is 24.4 Å². The quantitative estimate of drug-likeness (QED) is 0.380. The van der Waals surface area contributed by atoms with Crippen LogP contribution in [-0.4, -0.2) is 50.7 Å². The highest BCUT2D eigenvalue weighted by molar-refractivity contribution is 7.17. The Morgan fingerprint density at radius 2 is 2.00 bits per heavy atom. The van der Waals surface area contributed by atoms with Crippen LogP contribution in [0.15, 0.2) is 11.1 Å². The molecule has 7 atom stereocenters. The maximum absolute atomic E-state index is 12.0. The van der Waals surface area contributed by atoms with Gasteiger partial charge in [-0.25, -0.2) is 4.98 Å². The number of phenols is 1. The number of esters is 1. The van der Waals surface area contributed by atoms with Gasteiger partial charge in [-0.3, -0.25) is 4.79 Å². The van der Waals surface area contributed by atoms with Gasteiger partial charge in [-0.15, -0.1) is 11.3 Å². The van der Waals surface area contributed by atoms with Crippen molar-refractivity contribution in [3.63, 3.8) is 0 Å². The first-order chi connectivity index (χ1) is 18.2. The summed E-state index contributed by atoms with van der Waals surface area (Å²) in [5, 5.41) is 22.5. The molecule has 0 unspecified atom stereocenters. The molecule has 0 radical (unpaired) electrons. The van der Waals surface area contributed by atoms with Gasteiger partial charge in [0.1, 0.15) is 11.7 Å². The summed E-state index contributed by atoms with van der Waals surface area (Å²) in [4.78, 5) is 16.8. The number of ether oxygens (including phenoxy) is 3. The monoisotopic (exact) mass is 557 g/mol. The first-order valence-electron chi connectivity index (χ1n) is 14.3. The fourth-order valence-electron chi connectivity index (χ4n) is 7.21. The lowest BCUT2D eigenvalue weighted by atomic mass is 9.58. The van der Waals surface area contributed by atoms with Crippen LogP contribution in [0.25, 0.3) is 16.3 Å². The van der Waals surface area contributed by atoms with E-state index in [-0.39, 0.29) is 47.3 Å². The highest BCUT2D eigenvalue weighted by Gasteiger charge is 2.56. The van der Waals surface area contributed by atoms with Crippen LogP contribution in [0.2, 0.25) is 0 Å². The number of benzene rings is 1. The van der Waals surface area contributed by atoms with Crippen LogP contribution in [0.5, 0.6) is 11.5 Å². The highest BCUT2D eigenvalue weighted by Crippen LogP contribution is 2.60. The molecule has 5 rings (SSSR count). The number of phenolic OH excluding ortho intramolecular Hbond substituents is 1. The van der Waals surface area contributed by atoms with Gasteiger partial charge in [0.15, 0.2) is 11.5 Å². The van der Waals surface area contributed by atoms with Crippen molar-refractivity contribution in [1.82, 2.24) is 4.98 Å². The molecule has 0 bridgehead atoms. The van der Waals surface area contributed by atoms with E-state index in [1.165, 1.54) is 23.8 Å². The van der Waals surface area contributed by atoms with Gasteiger partial charge in [-0.1, -0.05) is 34.1 Å². The Bertz CT molecular complexity index is 1310. The van der Waals surface area contributed by atoms with Gasteiger partial charge in [-0.05, 0) is 64.0 Å². The van der Waals surface area contributed by atoms with Crippen molar-refractivity contribution in [2.45, 2.75) is 123 Å². The van der Waals surface area contributed by atoms with E-state index in [1.807, 2.05) is 20.8 Å². The summed E-state index contributed by atoms with van der Waals surface area (Å²) >= 11 is 1.49. The predicted octanol–water partition coefficient (Wildman–Crippen LogP) is 6.74. The molecule has 1 saturated carbocycles. The number of aliphatic hydroxyl groups is 1. The fourth-order valence-corrected chi connectivity index (χ4v) is 8.16. The van der Waals surface area contributed by atoms with Crippen molar-refractivity contribution in [3.8, 4) is 11.5 Å². The third-order valence-electron chi connectivity index (χ3n) is 9.67. The van der Waals surface area contributed by atoms with Crippen molar-refractivity contribution in [1.29, 1.82) is 0 Å². The number of hydrogen-bond donors (Lipinski definition) is 2. The molecule has 2 aliphatic heterocycles. The number of fused-ring (bicyclic) bond motifs is 6. The molecular weight excluding hydrogens is 514 g/mol. The van der Waals surface area contributed by atoms with Crippen molar-refractivity contribution in [3.05, 3.63) is 22.2 Å². The second kappa shape index (κ2) is 9.74. The van der Waals surface area contributed by atoms with Crippen LogP contribution in [0, 0.1) is 11.3 Å². The zero-order chi connectivity index (χ0) is 28.5. The van der Waals surface area contributed by atoms with Crippen LogP contribution in [0.3, 0.4) is 0 Å². The molecule has 1 aromatic carbocycles. The third-order valence-corrected chi connectivity index (χ3v) is 10.5. The number of carbonyl (C=O) groups is 1. The average molecular weight is 558 g/mol. The number of nitrogens with zero attached hydrogens (tertiary/aromatic N) is 1. The van der Waals surface area contributed by atoms with Gasteiger partial charge in [0, 0.05) is 29.4 Å². The second-order valence-corrected chi connectivity index (χ2v) is 13.8. The topological polar surface area (TPSA) is 98.1 Å². The Balaban J connectivity index is 1.63. The van der Waals surface area contributed by atoms with E-state index in [2.05, 4.69) is 33.8 Å². The lowest BCUT2D eigenvalue weighted by Gasteiger charge is -2.56. The molecule has 1 aromatic heterocycles. The van der Waals surface area contributed by atoms with Gasteiger partial charge in [0.25, 0.3) is 0 Å². The normalized spacial score (nSPS) is 30.7. The SMILES string of the molecule is CC[C@@H](C)[C@@H](OC(C)=O)[C@@H](C)c1c(O)c2c(c3ncsc13)C=C1[C@@](C)(CC[C@H]3O[C@@H](C(C)(C)O)CC[C@]13C)O2. The molecule has 0 spiro atoms. The van der Waals surface area contributed by atoms with E-state index in [0.29, 0.717) is 5.75 Å². The maximum Gasteiger partial charge on any atom is 0.302 e. The molecule has 2 fully saturated rings. The predicted molar refractivity (Wildman–Crippen MR) is 153 cm³/mol. The first kappa shape index (κ1) is 28.4. The zero-order valence-corrected chi connectivity index (χ0v) is 25.3. The minimum atomic E-state index is -0.892. The zero-order valence-electron chi connectivity index (χ0n) is 24.5. The van der Waals surface area contributed by atoms with Crippen molar-refractivity contribution < 1.29 is 29.2 Å². The van der Waals surface area contributed by atoms with E-state index in [1.54, 1.807) is 5.51 Å². The van der Waals surface area contributed by atoms with Gasteiger partial charge in [0.05, 0.1) is 33.5 Å². The van der Waals surface area contributed by atoms with E-state index in [0.717, 1.165) is 53.4 Å². The Kier molecular flexibility index (Phi) is 7.08. The summed E-state index contributed by atoms with van der Waals surface area (Å²) in [6, 6.07) is 0. The van der Waals surface area contributed by atoms with E-state index in [4.69, 9.17) is 19.2 Å².